The molecule has 4 nitrogen and oxygen atoms in total. The average Bonchev–Trinajstić information content (AvgIpc) is 2.17. The third-order valence-corrected chi connectivity index (χ3v) is 1.99. The van der Waals surface area contributed by atoms with Crippen molar-refractivity contribution >= 4 is 5.97 Å². The third kappa shape index (κ3) is 1.79. The Bertz CT molecular complexity index is 357. The van der Waals surface area contributed by atoms with E-state index in [-0.39, 0.29) is 17.1 Å². The molecule has 1 aromatic rings. The summed E-state index contributed by atoms with van der Waals surface area (Å²) in [6.07, 6.45) is 0.691. The van der Waals surface area contributed by atoms with Gasteiger partial charge in [-0.1, -0.05) is 6.92 Å². The standard InChI is InChI=1S/C10H12O4/c1-3-6-4-7(10(12)13)9(11)8(5-6)14-2/h4-5,11H,3H2,1-2H3,(H,12,13). The Balaban J connectivity index is 3.34. The van der Waals surface area contributed by atoms with Gasteiger partial charge in [-0.2, -0.15) is 0 Å². The Morgan fingerprint density at radius 1 is 1.50 bits per heavy atom. The first kappa shape index (κ1) is 10.4. The van der Waals surface area contributed by atoms with E-state index >= 15 is 0 Å². The quantitative estimate of drug-likeness (QED) is 0.771. The number of aryl methyl sites for hydroxylation is 1. The molecule has 0 aliphatic carbocycles. The number of hydrogen-bond acceptors (Lipinski definition) is 3. The van der Waals surface area contributed by atoms with Crippen molar-refractivity contribution in [3.8, 4) is 11.5 Å². The van der Waals surface area contributed by atoms with Gasteiger partial charge < -0.3 is 14.9 Å². The van der Waals surface area contributed by atoms with E-state index in [0.29, 0.717) is 6.42 Å². The summed E-state index contributed by atoms with van der Waals surface area (Å²) in [5.74, 6) is -1.28. The van der Waals surface area contributed by atoms with Gasteiger partial charge in [0, 0.05) is 0 Å². The number of rotatable bonds is 3. The van der Waals surface area contributed by atoms with Crippen molar-refractivity contribution in [3.05, 3.63) is 23.3 Å². The molecule has 0 atom stereocenters. The van der Waals surface area contributed by atoms with Crippen LogP contribution in [0.1, 0.15) is 22.8 Å². The normalized spacial score (nSPS) is 9.86. The zero-order chi connectivity index (χ0) is 10.7. The van der Waals surface area contributed by atoms with Crippen LogP contribution < -0.4 is 4.74 Å². The molecule has 0 saturated heterocycles. The number of carbonyl (C=O) groups is 1. The van der Waals surface area contributed by atoms with Crippen LogP contribution in [0.3, 0.4) is 0 Å². The largest absolute Gasteiger partial charge is 0.504 e. The number of ether oxygens (including phenoxy) is 1. The molecule has 0 radical (unpaired) electrons. The Morgan fingerprint density at radius 3 is 2.57 bits per heavy atom. The fourth-order valence-electron chi connectivity index (χ4n) is 1.19. The lowest BCUT2D eigenvalue weighted by atomic mass is 10.1. The number of benzene rings is 1. The Labute approximate surface area is 81.8 Å². The second-order valence-corrected chi connectivity index (χ2v) is 2.85. The lowest BCUT2D eigenvalue weighted by molar-refractivity contribution is 0.0693. The molecular weight excluding hydrogens is 184 g/mol. The monoisotopic (exact) mass is 196 g/mol. The molecular formula is C10H12O4. The zero-order valence-corrected chi connectivity index (χ0v) is 8.07. The first-order valence-electron chi connectivity index (χ1n) is 4.23. The summed E-state index contributed by atoms with van der Waals surface area (Å²) >= 11 is 0. The molecule has 76 valence electrons. The van der Waals surface area contributed by atoms with Gasteiger partial charge in [-0.05, 0) is 24.1 Å². The van der Waals surface area contributed by atoms with Crippen molar-refractivity contribution in [3.63, 3.8) is 0 Å². The van der Waals surface area contributed by atoms with E-state index in [1.54, 1.807) is 6.07 Å². The first-order chi connectivity index (χ1) is 6.60. The molecule has 1 aromatic carbocycles. The highest BCUT2D eigenvalue weighted by Crippen LogP contribution is 2.31. The maximum atomic E-state index is 10.7. The van der Waals surface area contributed by atoms with E-state index < -0.39 is 5.97 Å². The van der Waals surface area contributed by atoms with Crippen LogP contribution >= 0.6 is 0 Å². The molecule has 0 fully saturated rings. The minimum atomic E-state index is -1.16. The Hall–Kier alpha value is -1.71. The van der Waals surface area contributed by atoms with Gasteiger partial charge in [0.1, 0.15) is 5.56 Å². The topological polar surface area (TPSA) is 66.8 Å². The lowest BCUT2D eigenvalue weighted by Gasteiger charge is -2.08. The molecule has 1 rings (SSSR count). The van der Waals surface area contributed by atoms with E-state index in [2.05, 4.69) is 0 Å². The number of aromatic carboxylic acids is 1. The molecule has 0 spiro atoms. The van der Waals surface area contributed by atoms with E-state index in [0.717, 1.165) is 5.56 Å². The highest BCUT2D eigenvalue weighted by atomic mass is 16.5. The smallest absolute Gasteiger partial charge is 0.339 e. The molecule has 0 amide bonds. The summed E-state index contributed by atoms with van der Waals surface area (Å²) in [5, 5.41) is 18.3. The predicted molar refractivity (Wildman–Crippen MR) is 51.0 cm³/mol. The maximum Gasteiger partial charge on any atom is 0.339 e. The lowest BCUT2D eigenvalue weighted by Crippen LogP contribution is -2.00. The van der Waals surface area contributed by atoms with Gasteiger partial charge in [0.25, 0.3) is 0 Å². The SMILES string of the molecule is CCc1cc(OC)c(O)c(C(=O)O)c1. The average molecular weight is 196 g/mol. The van der Waals surface area contributed by atoms with Crippen molar-refractivity contribution in [2.45, 2.75) is 13.3 Å². The number of hydrogen-bond donors (Lipinski definition) is 2. The van der Waals surface area contributed by atoms with Crippen LogP contribution in [0.4, 0.5) is 0 Å². The molecule has 0 bridgehead atoms. The minimum absolute atomic E-state index is 0.124. The van der Waals surface area contributed by atoms with E-state index in [9.17, 15) is 9.90 Å². The van der Waals surface area contributed by atoms with Crippen LogP contribution in [0.25, 0.3) is 0 Å². The highest BCUT2D eigenvalue weighted by molar-refractivity contribution is 5.92. The van der Waals surface area contributed by atoms with Crippen LogP contribution in [-0.2, 0) is 6.42 Å². The van der Waals surface area contributed by atoms with Gasteiger partial charge in [0.15, 0.2) is 11.5 Å². The van der Waals surface area contributed by atoms with Crippen LogP contribution in [0.5, 0.6) is 11.5 Å². The molecule has 0 heterocycles. The second-order valence-electron chi connectivity index (χ2n) is 2.85. The first-order valence-corrected chi connectivity index (χ1v) is 4.23. The summed E-state index contributed by atoms with van der Waals surface area (Å²) in [7, 11) is 1.39. The van der Waals surface area contributed by atoms with Crippen molar-refractivity contribution in [2.75, 3.05) is 7.11 Å². The minimum Gasteiger partial charge on any atom is -0.504 e. The molecule has 4 heteroatoms. The number of methoxy groups -OCH3 is 1. The van der Waals surface area contributed by atoms with Gasteiger partial charge >= 0.3 is 5.97 Å². The second kappa shape index (κ2) is 4.00. The number of aromatic hydroxyl groups is 1. The van der Waals surface area contributed by atoms with Gasteiger partial charge in [0.05, 0.1) is 7.11 Å². The van der Waals surface area contributed by atoms with Crippen LogP contribution in [0.2, 0.25) is 0 Å². The Kier molecular flexibility index (Phi) is 2.96. The summed E-state index contributed by atoms with van der Waals surface area (Å²) in [5.41, 5.74) is 0.693. The van der Waals surface area contributed by atoms with Gasteiger partial charge in [-0.15, -0.1) is 0 Å². The van der Waals surface area contributed by atoms with Crippen molar-refractivity contribution < 1.29 is 19.7 Å². The van der Waals surface area contributed by atoms with E-state index in [4.69, 9.17) is 9.84 Å². The molecule has 0 aromatic heterocycles. The Morgan fingerprint density at radius 2 is 2.14 bits per heavy atom. The fourth-order valence-corrected chi connectivity index (χ4v) is 1.19. The molecule has 14 heavy (non-hydrogen) atoms. The number of carboxylic acid groups (broad SMARTS) is 1. The van der Waals surface area contributed by atoms with Gasteiger partial charge in [-0.3, -0.25) is 0 Å². The molecule has 0 aliphatic heterocycles. The van der Waals surface area contributed by atoms with Crippen molar-refractivity contribution in [1.29, 1.82) is 0 Å². The highest BCUT2D eigenvalue weighted by Gasteiger charge is 2.15. The molecule has 0 saturated carbocycles. The van der Waals surface area contributed by atoms with Crippen molar-refractivity contribution in [1.82, 2.24) is 0 Å². The van der Waals surface area contributed by atoms with Crippen LogP contribution in [0, 0.1) is 0 Å². The maximum absolute atomic E-state index is 10.7. The molecule has 2 N–H and O–H groups in total. The van der Waals surface area contributed by atoms with Gasteiger partial charge in [0.2, 0.25) is 0 Å². The molecule has 0 unspecified atom stereocenters. The van der Waals surface area contributed by atoms with E-state index in [1.807, 2.05) is 6.92 Å². The van der Waals surface area contributed by atoms with Crippen molar-refractivity contribution in [2.24, 2.45) is 0 Å². The summed E-state index contributed by atoms with van der Waals surface area (Å²) in [6.45, 7) is 1.90. The summed E-state index contributed by atoms with van der Waals surface area (Å²) < 4.78 is 4.86. The number of phenols is 1. The van der Waals surface area contributed by atoms with Crippen LogP contribution in [0.15, 0.2) is 12.1 Å². The molecule has 0 aliphatic rings. The summed E-state index contributed by atoms with van der Waals surface area (Å²) in [4.78, 5) is 10.7. The fraction of sp³-hybridized carbons (Fsp3) is 0.300. The van der Waals surface area contributed by atoms with Gasteiger partial charge in [-0.25, -0.2) is 4.79 Å². The van der Waals surface area contributed by atoms with Crippen LogP contribution in [-0.4, -0.2) is 23.3 Å². The number of carboxylic acids is 1. The van der Waals surface area contributed by atoms with E-state index in [1.165, 1.54) is 13.2 Å². The summed E-state index contributed by atoms with van der Waals surface area (Å²) in [6, 6.07) is 3.07. The zero-order valence-electron chi connectivity index (χ0n) is 8.07. The third-order valence-electron chi connectivity index (χ3n) is 1.99. The predicted octanol–water partition coefficient (Wildman–Crippen LogP) is 1.66.